The van der Waals surface area contributed by atoms with Crippen LogP contribution in [-0.4, -0.2) is 52.7 Å². The van der Waals surface area contributed by atoms with Gasteiger partial charge in [-0.05, 0) is 55.4 Å². The summed E-state index contributed by atoms with van der Waals surface area (Å²) in [6, 6.07) is 16.0. The molecule has 2 aromatic rings. The molecule has 1 aliphatic carbocycles. The molecule has 0 radical (unpaired) electrons. The maximum absolute atomic E-state index is 13.4. The third kappa shape index (κ3) is 4.39. The predicted molar refractivity (Wildman–Crippen MR) is 128 cm³/mol. The Labute approximate surface area is 200 Å². The van der Waals surface area contributed by atoms with E-state index < -0.39 is 23.5 Å². The zero-order valence-corrected chi connectivity index (χ0v) is 19.9. The Bertz CT molecular complexity index is 1050. The van der Waals surface area contributed by atoms with Crippen LogP contribution >= 0.6 is 0 Å². The molecule has 2 N–H and O–H groups in total. The van der Waals surface area contributed by atoms with Crippen molar-refractivity contribution in [3.63, 3.8) is 0 Å². The van der Waals surface area contributed by atoms with Gasteiger partial charge in [0.2, 0.25) is 5.91 Å². The number of benzene rings is 2. The molecule has 1 fully saturated rings. The maximum Gasteiger partial charge on any atom is 0.408 e. The smallest absolute Gasteiger partial charge is 0.408 e. The number of likely N-dealkylation sites (tertiary alicyclic amines) is 1. The minimum absolute atomic E-state index is 0.0585. The quantitative estimate of drug-likeness (QED) is 0.660. The fraction of sp³-hybridized carbons (Fsp3) is 0.444. The normalized spacial score (nSPS) is 21.2. The Kier molecular flexibility index (Phi) is 6.64. The maximum atomic E-state index is 13.4. The van der Waals surface area contributed by atoms with Crippen molar-refractivity contribution in [1.29, 1.82) is 0 Å². The van der Waals surface area contributed by atoms with E-state index >= 15 is 0 Å². The van der Waals surface area contributed by atoms with E-state index in [1.54, 1.807) is 11.8 Å². The number of ether oxygens (including phenoxy) is 1. The van der Waals surface area contributed by atoms with Gasteiger partial charge in [0.15, 0.2) is 0 Å². The highest BCUT2D eigenvalue weighted by molar-refractivity contribution is 5.90. The van der Waals surface area contributed by atoms with E-state index in [1.165, 1.54) is 0 Å². The summed E-state index contributed by atoms with van der Waals surface area (Å²) in [5, 5.41) is 12.1. The van der Waals surface area contributed by atoms with E-state index in [0.717, 1.165) is 22.3 Å². The SMILES string of the molecule is CCC(C)(NC(=O)OCC1c2ccccc2-c2ccccc21)C(=O)N1CC[C@H](C(=O)O)C[C@@H]1C. The van der Waals surface area contributed by atoms with E-state index in [2.05, 4.69) is 29.6 Å². The summed E-state index contributed by atoms with van der Waals surface area (Å²) in [6.45, 7) is 5.94. The average molecular weight is 465 g/mol. The summed E-state index contributed by atoms with van der Waals surface area (Å²) in [4.78, 5) is 39.2. The number of nitrogens with one attached hydrogen (secondary N) is 1. The lowest BCUT2D eigenvalue weighted by Gasteiger charge is -2.41. The standard InChI is InChI=1S/C27H32N2O5/c1-4-27(3,25(32)29-14-13-18(24(30)31)15-17(29)2)28-26(33)34-16-23-21-11-7-5-9-19(21)20-10-6-8-12-22(20)23/h5-12,17-18,23H,4,13-16H2,1-3H3,(H,28,33)(H,30,31)/t17-,18-,27?/m0/s1. The van der Waals surface area contributed by atoms with E-state index in [9.17, 15) is 19.5 Å². The first-order valence-corrected chi connectivity index (χ1v) is 11.9. The van der Waals surface area contributed by atoms with Crippen molar-refractivity contribution in [1.82, 2.24) is 10.2 Å². The van der Waals surface area contributed by atoms with Gasteiger partial charge < -0.3 is 20.1 Å². The first-order chi connectivity index (χ1) is 16.2. The van der Waals surface area contributed by atoms with Crippen LogP contribution in [0.25, 0.3) is 11.1 Å². The number of nitrogens with zero attached hydrogens (tertiary/aromatic N) is 1. The van der Waals surface area contributed by atoms with Crippen LogP contribution in [0.2, 0.25) is 0 Å². The number of carboxylic acid groups (broad SMARTS) is 1. The Morgan fingerprint density at radius 1 is 1.09 bits per heavy atom. The molecule has 7 nitrogen and oxygen atoms in total. The van der Waals surface area contributed by atoms with Crippen LogP contribution in [-0.2, 0) is 14.3 Å². The minimum Gasteiger partial charge on any atom is -0.481 e. The number of hydrogen-bond acceptors (Lipinski definition) is 4. The van der Waals surface area contributed by atoms with E-state index in [-0.39, 0.29) is 24.5 Å². The van der Waals surface area contributed by atoms with Crippen LogP contribution in [0.4, 0.5) is 4.79 Å². The first-order valence-electron chi connectivity index (χ1n) is 11.9. The van der Waals surface area contributed by atoms with Crippen molar-refractivity contribution in [2.45, 2.75) is 57.5 Å². The average Bonchev–Trinajstić information content (AvgIpc) is 3.15. The molecule has 0 saturated carbocycles. The Balaban J connectivity index is 1.42. The van der Waals surface area contributed by atoms with Gasteiger partial charge in [-0.3, -0.25) is 9.59 Å². The predicted octanol–water partition coefficient (Wildman–Crippen LogP) is 4.41. The van der Waals surface area contributed by atoms with E-state index in [4.69, 9.17) is 4.74 Å². The molecule has 7 heteroatoms. The number of carbonyl (C=O) groups excluding carboxylic acids is 2. The summed E-state index contributed by atoms with van der Waals surface area (Å²) >= 11 is 0. The molecule has 3 atom stereocenters. The van der Waals surface area contributed by atoms with Gasteiger partial charge >= 0.3 is 12.1 Å². The number of hydrogen-bond donors (Lipinski definition) is 2. The fourth-order valence-corrected chi connectivity index (χ4v) is 5.17. The molecule has 180 valence electrons. The molecule has 4 rings (SSSR count). The summed E-state index contributed by atoms with van der Waals surface area (Å²) in [7, 11) is 0. The van der Waals surface area contributed by atoms with Crippen LogP contribution in [0, 0.1) is 5.92 Å². The van der Waals surface area contributed by atoms with Crippen LogP contribution in [0.1, 0.15) is 57.1 Å². The number of amides is 2. The van der Waals surface area contributed by atoms with E-state index in [0.29, 0.717) is 25.8 Å². The van der Waals surface area contributed by atoms with Crippen molar-refractivity contribution in [2.75, 3.05) is 13.2 Å². The Morgan fingerprint density at radius 3 is 2.21 bits per heavy atom. The molecule has 0 aromatic heterocycles. The van der Waals surface area contributed by atoms with Crippen molar-refractivity contribution in [3.05, 3.63) is 59.7 Å². The molecule has 34 heavy (non-hydrogen) atoms. The molecule has 0 spiro atoms. The molecule has 2 aromatic carbocycles. The van der Waals surface area contributed by atoms with Gasteiger partial charge in [-0.1, -0.05) is 55.5 Å². The third-order valence-corrected chi connectivity index (χ3v) is 7.39. The van der Waals surface area contributed by atoms with Gasteiger partial charge in [0.25, 0.3) is 0 Å². The monoisotopic (exact) mass is 464 g/mol. The van der Waals surface area contributed by atoms with Crippen LogP contribution in [0.5, 0.6) is 0 Å². The highest BCUT2D eigenvalue weighted by Gasteiger charge is 2.42. The van der Waals surface area contributed by atoms with Gasteiger partial charge in [-0.2, -0.15) is 0 Å². The second kappa shape index (κ2) is 9.49. The summed E-state index contributed by atoms with van der Waals surface area (Å²) in [5.74, 6) is -1.53. The van der Waals surface area contributed by atoms with Crippen LogP contribution < -0.4 is 5.32 Å². The van der Waals surface area contributed by atoms with E-state index in [1.807, 2.05) is 38.1 Å². The molecule has 1 heterocycles. The largest absolute Gasteiger partial charge is 0.481 e. The molecule has 1 unspecified atom stereocenters. The number of alkyl carbamates (subject to hydrolysis) is 1. The summed E-state index contributed by atoms with van der Waals surface area (Å²) in [5.41, 5.74) is 3.42. The number of carbonyl (C=O) groups is 3. The number of carboxylic acids is 1. The summed E-state index contributed by atoms with van der Waals surface area (Å²) < 4.78 is 5.65. The second-order valence-electron chi connectivity index (χ2n) is 9.54. The molecule has 2 aliphatic rings. The van der Waals surface area contributed by atoms with Crippen molar-refractivity contribution < 1.29 is 24.2 Å². The Morgan fingerprint density at radius 2 is 1.68 bits per heavy atom. The molecule has 1 aliphatic heterocycles. The third-order valence-electron chi connectivity index (χ3n) is 7.39. The molecule has 2 amide bonds. The zero-order chi connectivity index (χ0) is 24.5. The van der Waals surface area contributed by atoms with Crippen molar-refractivity contribution in [3.8, 4) is 11.1 Å². The topological polar surface area (TPSA) is 95.9 Å². The number of rotatable bonds is 6. The molecular weight excluding hydrogens is 432 g/mol. The molecule has 0 bridgehead atoms. The van der Waals surface area contributed by atoms with Gasteiger partial charge in [0.05, 0.1) is 5.92 Å². The molecule has 1 saturated heterocycles. The lowest BCUT2D eigenvalue weighted by molar-refractivity contribution is -0.149. The lowest BCUT2D eigenvalue weighted by Crippen LogP contribution is -2.60. The highest BCUT2D eigenvalue weighted by atomic mass is 16.5. The van der Waals surface area contributed by atoms with Gasteiger partial charge in [0, 0.05) is 18.5 Å². The Hall–Kier alpha value is -3.35. The van der Waals surface area contributed by atoms with Gasteiger partial charge in [0.1, 0.15) is 12.1 Å². The highest BCUT2D eigenvalue weighted by Crippen LogP contribution is 2.44. The number of aliphatic carboxylic acids is 1. The first kappa shape index (κ1) is 23.8. The number of piperidine rings is 1. The minimum atomic E-state index is -1.13. The zero-order valence-electron chi connectivity index (χ0n) is 19.9. The van der Waals surface area contributed by atoms with Gasteiger partial charge in [-0.25, -0.2) is 4.79 Å². The lowest BCUT2D eigenvalue weighted by atomic mass is 9.88. The molecular formula is C27H32N2O5. The fourth-order valence-electron chi connectivity index (χ4n) is 5.17. The van der Waals surface area contributed by atoms with Crippen LogP contribution in [0.3, 0.4) is 0 Å². The van der Waals surface area contributed by atoms with Crippen molar-refractivity contribution >= 4 is 18.0 Å². The summed E-state index contributed by atoms with van der Waals surface area (Å²) in [6.07, 6.45) is 0.580. The number of fused-ring (bicyclic) bond motifs is 3. The second-order valence-corrected chi connectivity index (χ2v) is 9.54. The van der Waals surface area contributed by atoms with Crippen LogP contribution in [0.15, 0.2) is 48.5 Å². The van der Waals surface area contributed by atoms with Crippen molar-refractivity contribution in [2.24, 2.45) is 5.92 Å². The van der Waals surface area contributed by atoms with Gasteiger partial charge in [-0.15, -0.1) is 0 Å².